The first-order valence-electron chi connectivity index (χ1n) is 8.43. The molecule has 1 aliphatic rings. The zero-order valence-corrected chi connectivity index (χ0v) is 14.3. The number of nitrogens with zero attached hydrogens (tertiary/aromatic N) is 1. The summed E-state index contributed by atoms with van der Waals surface area (Å²) >= 11 is 0. The van der Waals surface area contributed by atoms with Gasteiger partial charge in [-0.15, -0.1) is 0 Å². The largest absolute Gasteiger partial charge is 0.465 e. The van der Waals surface area contributed by atoms with Gasteiger partial charge in [-0.25, -0.2) is 4.39 Å². The number of carbonyl (C=O) groups excluding carboxylic acids is 1. The van der Waals surface area contributed by atoms with Gasteiger partial charge in [-0.05, 0) is 30.5 Å². The zero-order valence-electron chi connectivity index (χ0n) is 14.3. The lowest BCUT2D eigenvalue weighted by Gasteiger charge is -2.35. The number of H-pyrrole nitrogens is 1. The number of nitrogens with one attached hydrogen (secondary N) is 1. The highest BCUT2D eigenvalue weighted by atomic mass is 19.4. The molecular formula is C18H18F4N2O3. The van der Waals surface area contributed by atoms with E-state index in [1.807, 2.05) is 5.10 Å². The van der Waals surface area contributed by atoms with E-state index in [0.29, 0.717) is 31.6 Å². The summed E-state index contributed by atoms with van der Waals surface area (Å²) in [6, 6.07) is 5.58. The first-order valence-corrected chi connectivity index (χ1v) is 8.43. The Bertz CT molecular complexity index is 781. The molecule has 0 unspecified atom stereocenters. The molecule has 1 aromatic heterocycles. The lowest BCUT2D eigenvalue weighted by Crippen LogP contribution is -2.42. The van der Waals surface area contributed by atoms with E-state index in [9.17, 15) is 22.4 Å². The number of ether oxygens (including phenoxy) is 2. The molecule has 0 atom stereocenters. The van der Waals surface area contributed by atoms with Crippen LogP contribution in [-0.2, 0) is 32.3 Å². The van der Waals surface area contributed by atoms with E-state index in [4.69, 9.17) is 9.47 Å². The highest BCUT2D eigenvalue weighted by Gasteiger charge is 2.43. The van der Waals surface area contributed by atoms with Gasteiger partial charge in [0.25, 0.3) is 0 Å². The van der Waals surface area contributed by atoms with Gasteiger partial charge >= 0.3 is 12.1 Å². The topological polar surface area (TPSA) is 64.2 Å². The number of hydrogen-bond donors (Lipinski definition) is 1. The Kier molecular flexibility index (Phi) is 5.50. The van der Waals surface area contributed by atoms with Gasteiger partial charge in [0.1, 0.15) is 11.5 Å². The predicted octanol–water partition coefficient (Wildman–Crippen LogP) is 3.40. The molecular weight excluding hydrogens is 368 g/mol. The normalized spacial score (nSPS) is 16.9. The second kappa shape index (κ2) is 7.67. The predicted molar refractivity (Wildman–Crippen MR) is 86.4 cm³/mol. The van der Waals surface area contributed by atoms with Crippen LogP contribution >= 0.6 is 0 Å². The Morgan fingerprint density at radius 1 is 1.22 bits per heavy atom. The summed E-state index contributed by atoms with van der Waals surface area (Å²) in [5.74, 6) is -0.969. The van der Waals surface area contributed by atoms with Crippen molar-refractivity contribution in [3.63, 3.8) is 0 Å². The van der Waals surface area contributed by atoms with Gasteiger partial charge in [-0.2, -0.15) is 18.3 Å². The van der Waals surface area contributed by atoms with E-state index in [-0.39, 0.29) is 18.6 Å². The number of aromatic nitrogens is 2. The van der Waals surface area contributed by atoms with Crippen molar-refractivity contribution in [1.29, 1.82) is 0 Å². The highest BCUT2D eigenvalue weighted by molar-refractivity contribution is 5.83. The monoisotopic (exact) mass is 386 g/mol. The Morgan fingerprint density at radius 3 is 2.52 bits per heavy atom. The fourth-order valence-electron chi connectivity index (χ4n) is 3.24. The van der Waals surface area contributed by atoms with E-state index in [1.165, 1.54) is 24.3 Å². The fourth-order valence-corrected chi connectivity index (χ4v) is 3.24. The molecule has 5 nitrogen and oxygen atoms in total. The summed E-state index contributed by atoms with van der Waals surface area (Å²) in [5, 5.41) is 5.33. The van der Waals surface area contributed by atoms with E-state index in [1.54, 1.807) is 0 Å². The first kappa shape index (κ1) is 19.3. The smallest absolute Gasteiger partial charge is 0.433 e. The average molecular weight is 386 g/mol. The van der Waals surface area contributed by atoms with Crippen LogP contribution in [0.25, 0.3) is 0 Å². The zero-order chi connectivity index (χ0) is 19.5. The molecule has 3 rings (SSSR count). The Labute approximate surface area is 152 Å². The van der Waals surface area contributed by atoms with Crippen molar-refractivity contribution >= 4 is 5.97 Å². The van der Waals surface area contributed by atoms with Gasteiger partial charge in [-0.1, -0.05) is 12.1 Å². The minimum Gasteiger partial charge on any atom is -0.465 e. The van der Waals surface area contributed by atoms with E-state index >= 15 is 0 Å². The third-order valence-corrected chi connectivity index (χ3v) is 4.74. The van der Waals surface area contributed by atoms with Crippen molar-refractivity contribution in [2.45, 2.75) is 30.9 Å². The summed E-state index contributed by atoms with van der Waals surface area (Å²) in [5.41, 5.74) is -1.40. The maximum Gasteiger partial charge on any atom is 0.433 e. The van der Waals surface area contributed by atoms with Crippen LogP contribution in [0, 0.1) is 5.82 Å². The van der Waals surface area contributed by atoms with Gasteiger partial charge in [0.05, 0.1) is 18.2 Å². The Balaban J connectivity index is 1.71. The molecule has 9 heteroatoms. The molecule has 2 heterocycles. The molecule has 0 spiro atoms. The lowest BCUT2D eigenvalue weighted by atomic mass is 9.74. The number of aromatic amines is 1. The Hall–Kier alpha value is -2.42. The summed E-state index contributed by atoms with van der Waals surface area (Å²) in [6.45, 7) is 0.462. The first-order chi connectivity index (χ1) is 12.8. The number of hydrogen-bond acceptors (Lipinski definition) is 4. The molecule has 1 fully saturated rings. The van der Waals surface area contributed by atoms with Crippen LogP contribution in [0.15, 0.2) is 30.5 Å². The van der Waals surface area contributed by atoms with E-state index < -0.39 is 29.1 Å². The summed E-state index contributed by atoms with van der Waals surface area (Å²) < 4.78 is 62.4. The number of esters is 1. The van der Waals surface area contributed by atoms with Crippen LogP contribution in [0.5, 0.6) is 0 Å². The number of carbonyl (C=O) groups is 1. The molecule has 0 saturated carbocycles. The number of halogens is 4. The summed E-state index contributed by atoms with van der Waals surface area (Å²) in [6.07, 6.45) is -2.88. The van der Waals surface area contributed by atoms with Gasteiger partial charge in [-0.3, -0.25) is 9.89 Å². The molecule has 0 radical (unpaired) electrons. The molecule has 0 amide bonds. The van der Waals surface area contributed by atoms with Gasteiger partial charge in [0, 0.05) is 25.2 Å². The lowest BCUT2D eigenvalue weighted by molar-refractivity contribution is -0.154. The van der Waals surface area contributed by atoms with Crippen LogP contribution in [-0.4, -0.2) is 36.0 Å². The van der Waals surface area contributed by atoms with Crippen molar-refractivity contribution in [2.24, 2.45) is 0 Å². The summed E-state index contributed by atoms with van der Waals surface area (Å²) in [4.78, 5) is 12.8. The second-order valence-electron chi connectivity index (χ2n) is 6.36. The van der Waals surface area contributed by atoms with Crippen LogP contribution < -0.4 is 0 Å². The SMILES string of the molecule is O=C(OCCc1cn[nH]c1C(F)(F)F)C1(c2ccc(F)cc2)CCOCC1. The maximum atomic E-state index is 13.2. The molecule has 146 valence electrons. The van der Waals surface area contributed by atoms with Crippen LogP contribution in [0.2, 0.25) is 0 Å². The van der Waals surface area contributed by atoms with Crippen molar-refractivity contribution in [2.75, 3.05) is 19.8 Å². The Morgan fingerprint density at radius 2 is 1.89 bits per heavy atom. The molecule has 27 heavy (non-hydrogen) atoms. The minimum absolute atomic E-state index is 0.0712. The number of benzene rings is 1. The quantitative estimate of drug-likeness (QED) is 0.632. The third kappa shape index (κ3) is 4.13. The third-order valence-electron chi connectivity index (χ3n) is 4.74. The highest BCUT2D eigenvalue weighted by Crippen LogP contribution is 2.36. The van der Waals surface area contributed by atoms with Crippen molar-refractivity contribution < 1.29 is 31.8 Å². The fraction of sp³-hybridized carbons (Fsp3) is 0.444. The van der Waals surface area contributed by atoms with Gasteiger partial charge in [0.15, 0.2) is 0 Å². The molecule has 0 bridgehead atoms. The van der Waals surface area contributed by atoms with Crippen LogP contribution in [0.3, 0.4) is 0 Å². The van der Waals surface area contributed by atoms with Crippen LogP contribution in [0.4, 0.5) is 17.6 Å². The molecule has 1 N–H and O–H groups in total. The minimum atomic E-state index is -4.55. The average Bonchev–Trinajstić information content (AvgIpc) is 3.12. The van der Waals surface area contributed by atoms with Crippen molar-refractivity contribution in [3.8, 4) is 0 Å². The van der Waals surface area contributed by atoms with Crippen LogP contribution in [0.1, 0.15) is 29.7 Å². The molecule has 1 aromatic carbocycles. The van der Waals surface area contributed by atoms with E-state index in [2.05, 4.69) is 5.10 Å². The maximum absolute atomic E-state index is 13.2. The number of rotatable bonds is 5. The second-order valence-corrected chi connectivity index (χ2v) is 6.36. The molecule has 0 aliphatic carbocycles. The molecule has 1 aliphatic heterocycles. The number of alkyl halides is 3. The van der Waals surface area contributed by atoms with Gasteiger partial charge in [0.2, 0.25) is 0 Å². The van der Waals surface area contributed by atoms with E-state index in [0.717, 1.165) is 6.20 Å². The van der Waals surface area contributed by atoms with Crippen molar-refractivity contribution in [1.82, 2.24) is 10.2 Å². The summed E-state index contributed by atoms with van der Waals surface area (Å²) in [7, 11) is 0. The standard InChI is InChI=1S/C18H18F4N2O3/c19-14-3-1-13(2-4-14)17(6-9-26-10-7-17)16(25)27-8-5-12-11-23-24-15(12)18(20,21)22/h1-4,11H,5-10H2,(H,23,24). The van der Waals surface area contributed by atoms with Crippen molar-refractivity contribution in [3.05, 3.63) is 53.1 Å². The van der Waals surface area contributed by atoms with Gasteiger partial charge < -0.3 is 9.47 Å². The molecule has 2 aromatic rings. The molecule has 1 saturated heterocycles.